The summed E-state index contributed by atoms with van der Waals surface area (Å²) in [4.78, 5) is 23.6. The van der Waals surface area contributed by atoms with Gasteiger partial charge in [-0.15, -0.1) is 0 Å². The summed E-state index contributed by atoms with van der Waals surface area (Å²) in [6.07, 6.45) is 1.45. The first-order valence-corrected chi connectivity index (χ1v) is 9.76. The smallest absolute Gasteiger partial charge is 0.308 e. The maximum absolute atomic E-state index is 12.4. The van der Waals surface area contributed by atoms with Gasteiger partial charge >= 0.3 is 5.97 Å². The number of methoxy groups -OCH3 is 1. The molecule has 28 heavy (non-hydrogen) atoms. The summed E-state index contributed by atoms with van der Waals surface area (Å²) in [6, 6.07) is 8.44. The third-order valence-electron chi connectivity index (χ3n) is 3.36. The molecular formula is C19H18Br2N2O5. The summed E-state index contributed by atoms with van der Waals surface area (Å²) in [5.41, 5.74) is 3.43. The van der Waals surface area contributed by atoms with Crippen molar-refractivity contribution in [3.05, 3.63) is 50.4 Å². The Labute approximate surface area is 179 Å². The first-order valence-electron chi connectivity index (χ1n) is 8.17. The SMILES string of the molecule is CCOc1cc(/C=N\NC(=O)c2cc(Br)ccc2OC)cc(Br)c1OC(C)=O. The van der Waals surface area contributed by atoms with Crippen molar-refractivity contribution in [2.24, 2.45) is 5.10 Å². The number of benzene rings is 2. The van der Waals surface area contributed by atoms with Crippen LogP contribution < -0.4 is 19.6 Å². The number of hydrogen-bond donors (Lipinski definition) is 1. The summed E-state index contributed by atoms with van der Waals surface area (Å²) >= 11 is 6.68. The molecule has 0 radical (unpaired) electrons. The number of ether oxygens (including phenoxy) is 3. The van der Waals surface area contributed by atoms with Crippen LogP contribution in [0.2, 0.25) is 0 Å². The van der Waals surface area contributed by atoms with Gasteiger partial charge in [0.1, 0.15) is 5.75 Å². The summed E-state index contributed by atoms with van der Waals surface area (Å²) in [5, 5.41) is 3.98. The highest BCUT2D eigenvalue weighted by Crippen LogP contribution is 2.36. The summed E-state index contributed by atoms with van der Waals surface area (Å²) in [5.74, 6) is 0.222. The van der Waals surface area contributed by atoms with Gasteiger partial charge in [0.15, 0.2) is 11.5 Å². The fraction of sp³-hybridized carbons (Fsp3) is 0.211. The van der Waals surface area contributed by atoms with Crippen LogP contribution in [-0.4, -0.2) is 31.8 Å². The van der Waals surface area contributed by atoms with E-state index >= 15 is 0 Å². The number of carbonyl (C=O) groups is 2. The average Bonchev–Trinajstić information content (AvgIpc) is 2.64. The van der Waals surface area contributed by atoms with E-state index in [1.54, 1.807) is 30.3 Å². The molecular weight excluding hydrogens is 496 g/mol. The molecule has 0 aliphatic carbocycles. The molecule has 2 rings (SSSR count). The van der Waals surface area contributed by atoms with Crippen LogP contribution in [0.5, 0.6) is 17.2 Å². The molecule has 0 spiro atoms. The predicted octanol–water partition coefficient (Wildman–Crippen LogP) is 4.31. The molecule has 9 heteroatoms. The second-order valence-corrected chi connectivity index (χ2v) is 7.17. The minimum atomic E-state index is -0.460. The number of amides is 1. The van der Waals surface area contributed by atoms with Crippen LogP contribution >= 0.6 is 31.9 Å². The van der Waals surface area contributed by atoms with Gasteiger partial charge in [-0.25, -0.2) is 5.43 Å². The zero-order valence-electron chi connectivity index (χ0n) is 15.4. The molecule has 0 aromatic heterocycles. The molecule has 2 aromatic rings. The Balaban J connectivity index is 2.21. The summed E-state index contributed by atoms with van der Waals surface area (Å²) in [6.45, 7) is 3.52. The topological polar surface area (TPSA) is 86.2 Å². The van der Waals surface area contributed by atoms with E-state index in [2.05, 4.69) is 42.4 Å². The van der Waals surface area contributed by atoms with Gasteiger partial charge in [0, 0.05) is 11.4 Å². The standard InChI is InChI=1S/C19H18Br2N2O5/c1-4-27-17-8-12(7-15(21)18(17)28-11(2)24)10-22-23-19(25)14-9-13(20)5-6-16(14)26-3/h5-10H,4H2,1-3H3,(H,23,25)/b22-10-. The third kappa shape index (κ3) is 5.80. The van der Waals surface area contributed by atoms with Gasteiger partial charge < -0.3 is 14.2 Å². The van der Waals surface area contributed by atoms with Crippen molar-refractivity contribution < 1.29 is 23.8 Å². The Morgan fingerprint density at radius 2 is 1.93 bits per heavy atom. The monoisotopic (exact) mass is 512 g/mol. The van der Waals surface area contributed by atoms with Gasteiger partial charge in [-0.3, -0.25) is 9.59 Å². The largest absolute Gasteiger partial charge is 0.496 e. The molecule has 0 aliphatic rings. The molecule has 0 unspecified atom stereocenters. The molecule has 0 heterocycles. The molecule has 1 amide bonds. The highest BCUT2D eigenvalue weighted by atomic mass is 79.9. The normalized spacial score (nSPS) is 10.6. The van der Waals surface area contributed by atoms with Crippen molar-refractivity contribution in [2.75, 3.05) is 13.7 Å². The number of hydrogen-bond acceptors (Lipinski definition) is 6. The zero-order valence-corrected chi connectivity index (χ0v) is 18.6. The molecule has 7 nitrogen and oxygen atoms in total. The van der Waals surface area contributed by atoms with Crippen molar-refractivity contribution in [3.8, 4) is 17.2 Å². The number of esters is 1. The zero-order chi connectivity index (χ0) is 20.7. The number of rotatable bonds is 7. The lowest BCUT2D eigenvalue weighted by atomic mass is 10.2. The number of carbonyl (C=O) groups excluding carboxylic acids is 2. The van der Waals surface area contributed by atoms with Gasteiger partial charge in [-0.1, -0.05) is 15.9 Å². The fourth-order valence-electron chi connectivity index (χ4n) is 2.25. The maximum atomic E-state index is 12.4. The number of halogens is 2. The van der Waals surface area contributed by atoms with E-state index in [0.29, 0.717) is 33.7 Å². The minimum absolute atomic E-state index is 0.286. The van der Waals surface area contributed by atoms with E-state index in [1.165, 1.54) is 20.2 Å². The van der Waals surface area contributed by atoms with Crippen LogP contribution in [0.3, 0.4) is 0 Å². The van der Waals surface area contributed by atoms with Crippen LogP contribution in [0.1, 0.15) is 29.8 Å². The van der Waals surface area contributed by atoms with Crippen LogP contribution in [0.4, 0.5) is 0 Å². The van der Waals surface area contributed by atoms with Gasteiger partial charge in [0.05, 0.1) is 30.0 Å². The maximum Gasteiger partial charge on any atom is 0.308 e. The number of nitrogens with one attached hydrogen (secondary N) is 1. The molecule has 0 fully saturated rings. The van der Waals surface area contributed by atoms with Gasteiger partial charge in [-0.05, 0) is 58.7 Å². The molecule has 0 bridgehead atoms. The van der Waals surface area contributed by atoms with Gasteiger partial charge in [0.25, 0.3) is 5.91 Å². The van der Waals surface area contributed by atoms with Crippen molar-refractivity contribution in [1.82, 2.24) is 5.43 Å². The number of nitrogens with zero attached hydrogens (tertiary/aromatic N) is 1. The highest BCUT2D eigenvalue weighted by Gasteiger charge is 2.14. The Bertz CT molecular complexity index is 915. The lowest BCUT2D eigenvalue weighted by Gasteiger charge is -2.12. The number of hydrazone groups is 1. The van der Waals surface area contributed by atoms with Crippen molar-refractivity contribution in [2.45, 2.75) is 13.8 Å². The van der Waals surface area contributed by atoms with E-state index < -0.39 is 11.9 Å². The second-order valence-electron chi connectivity index (χ2n) is 5.40. The molecule has 1 N–H and O–H groups in total. The molecule has 0 atom stereocenters. The van der Waals surface area contributed by atoms with Crippen molar-refractivity contribution >= 4 is 50.0 Å². The van der Waals surface area contributed by atoms with Crippen molar-refractivity contribution in [1.29, 1.82) is 0 Å². The molecule has 148 valence electrons. The van der Waals surface area contributed by atoms with Crippen molar-refractivity contribution in [3.63, 3.8) is 0 Å². The third-order valence-corrected chi connectivity index (χ3v) is 4.45. The minimum Gasteiger partial charge on any atom is -0.496 e. The Kier molecular flexibility index (Phi) is 8.01. The molecule has 0 saturated carbocycles. The summed E-state index contributed by atoms with van der Waals surface area (Å²) < 4.78 is 17.2. The lowest BCUT2D eigenvalue weighted by molar-refractivity contribution is -0.132. The van der Waals surface area contributed by atoms with Crippen LogP contribution in [0.25, 0.3) is 0 Å². The fourth-order valence-corrected chi connectivity index (χ4v) is 3.15. The van der Waals surface area contributed by atoms with Gasteiger partial charge in [0.2, 0.25) is 0 Å². The first-order chi connectivity index (χ1) is 13.3. The lowest BCUT2D eigenvalue weighted by Crippen LogP contribution is -2.18. The molecule has 0 saturated heterocycles. The van der Waals surface area contributed by atoms with Gasteiger partial charge in [-0.2, -0.15) is 5.10 Å². The molecule has 2 aromatic carbocycles. The van der Waals surface area contributed by atoms with E-state index in [9.17, 15) is 9.59 Å². The summed E-state index contributed by atoms with van der Waals surface area (Å²) in [7, 11) is 1.49. The Morgan fingerprint density at radius 3 is 2.57 bits per heavy atom. The second kappa shape index (κ2) is 10.2. The Morgan fingerprint density at radius 1 is 1.18 bits per heavy atom. The quantitative estimate of drug-likeness (QED) is 0.258. The predicted molar refractivity (Wildman–Crippen MR) is 112 cm³/mol. The Hall–Kier alpha value is -2.39. The average molecular weight is 514 g/mol. The van der Waals surface area contributed by atoms with Crippen LogP contribution in [0.15, 0.2) is 44.4 Å². The van der Waals surface area contributed by atoms with E-state index in [-0.39, 0.29) is 5.75 Å². The molecule has 0 aliphatic heterocycles. The highest BCUT2D eigenvalue weighted by molar-refractivity contribution is 9.10. The van der Waals surface area contributed by atoms with E-state index in [4.69, 9.17) is 14.2 Å². The van der Waals surface area contributed by atoms with E-state index in [0.717, 1.165) is 4.47 Å². The van der Waals surface area contributed by atoms with E-state index in [1.807, 2.05) is 6.92 Å². The first kappa shape index (κ1) is 21.9. The van der Waals surface area contributed by atoms with Crippen LogP contribution in [-0.2, 0) is 4.79 Å². The van der Waals surface area contributed by atoms with Crippen LogP contribution in [0, 0.1) is 0 Å².